The highest BCUT2D eigenvalue weighted by Gasteiger charge is 2.18. The lowest BCUT2D eigenvalue weighted by atomic mass is 10.1. The van der Waals surface area contributed by atoms with Crippen LogP contribution in [0.5, 0.6) is 0 Å². The van der Waals surface area contributed by atoms with Crippen LogP contribution in [0.25, 0.3) is 11.3 Å². The van der Waals surface area contributed by atoms with Crippen LogP contribution in [0, 0.1) is 0 Å². The Bertz CT molecular complexity index is 1250. The van der Waals surface area contributed by atoms with Gasteiger partial charge in [0, 0.05) is 23.9 Å². The Hall–Kier alpha value is -3.98. The number of nitrogens with one attached hydrogen (secondary N) is 3. The highest BCUT2D eigenvalue weighted by molar-refractivity contribution is 6.07. The SMILES string of the molecule is CC(C)(C)OC(=O)Nc1ccccc1NC(=O)c1ccc(-c2ccnc(NCCCN3CCCCC3)n2)cc1. The van der Waals surface area contributed by atoms with Gasteiger partial charge in [0.15, 0.2) is 0 Å². The van der Waals surface area contributed by atoms with Gasteiger partial charge in [-0.05, 0) is 90.0 Å². The monoisotopic (exact) mass is 530 g/mol. The summed E-state index contributed by atoms with van der Waals surface area (Å²) in [4.78, 5) is 36.7. The van der Waals surface area contributed by atoms with Crippen LogP contribution in [0.1, 0.15) is 56.8 Å². The van der Waals surface area contributed by atoms with E-state index in [1.807, 2.05) is 18.2 Å². The van der Waals surface area contributed by atoms with Gasteiger partial charge < -0.3 is 20.3 Å². The summed E-state index contributed by atoms with van der Waals surface area (Å²) in [6.07, 6.45) is 6.16. The first-order chi connectivity index (χ1) is 18.8. The number of hydrogen-bond acceptors (Lipinski definition) is 7. The molecule has 0 spiro atoms. The number of piperidine rings is 1. The number of carbonyl (C=O) groups is 2. The number of para-hydroxylation sites is 2. The van der Waals surface area contributed by atoms with Crippen molar-refractivity contribution in [1.82, 2.24) is 14.9 Å². The topological polar surface area (TPSA) is 108 Å². The Balaban J connectivity index is 1.33. The molecule has 9 nitrogen and oxygen atoms in total. The van der Waals surface area contributed by atoms with Crippen molar-refractivity contribution in [2.75, 3.05) is 42.1 Å². The molecule has 2 amide bonds. The molecule has 1 saturated heterocycles. The van der Waals surface area contributed by atoms with Crippen molar-refractivity contribution in [1.29, 1.82) is 0 Å². The second-order valence-electron chi connectivity index (χ2n) is 10.7. The van der Waals surface area contributed by atoms with Crippen LogP contribution in [-0.4, -0.2) is 58.6 Å². The lowest BCUT2D eigenvalue weighted by Gasteiger charge is -2.26. The standard InChI is InChI=1S/C30H38N6O3/c1-30(2,3)39-29(38)35-26-11-6-5-10-25(26)33-27(37)23-14-12-22(13-15-23)24-16-18-32-28(34-24)31-17-9-21-36-19-7-4-8-20-36/h5-6,10-16,18H,4,7-9,17,19-21H2,1-3H3,(H,33,37)(H,35,38)(H,31,32,34). The quantitative estimate of drug-likeness (QED) is 0.290. The number of rotatable bonds is 9. The maximum absolute atomic E-state index is 12.9. The van der Waals surface area contributed by atoms with Gasteiger partial charge in [-0.2, -0.15) is 0 Å². The van der Waals surface area contributed by atoms with E-state index in [1.165, 1.54) is 32.4 Å². The number of benzene rings is 2. The van der Waals surface area contributed by atoms with Crippen molar-refractivity contribution >= 4 is 29.3 Å². The molecule has 3 N–H and O–H groups in total. The van der Waals surface area contributed by atoms with Gasteiger partial charge in [0.25, 0.3) is 5.91 Å². The second-order valence-corrected chi connectivity index (χ2v) is 10.7. The summed E-state index contributed by atoms with van der Waals surface area (Å²) in [7, 11) is 0. The van der Waals surface area contributed by atoms with Gasteiger partial charge in [-0.3, -0.25) is 10.1 Å². The molecule has 206 valence electrons. The van der Waals surface area contributed by atoms with Gasteiger partial charge in [-0.25, -0.2) is 14.8 Å². The molecule has 2 heterocycles. The highest BCUT2D eigenvalue weighted by Crippen LogP contribution is 2.24. The molecule has 9 heteroatoms. The summed E-state index contributed by atoms with van der Waals surface area (Å²) in [6, 6.07) is 16.1. The van der Waals surface area contributed by atoms with Gasteiger partial charge >= 0.3 is 6.09 Å². The van der Waals surface area contributed by atoms with Crippen molar-refractivity contribution in [3.8, 4) is 11.3 Å². The lowest BCUT2D eigenvalue weighted by Crippen LogP contribution is -2.31. The number of ether oxygens (including phenoxy) is 1. The summed E-state index contributed by atoms with van der Waals surface area (Å²) in [6.45, 7) is 9.70. The van der Waals surface area contributed by atoms with Gasteiger partial charge in [0.2, 0.25) is 5.95 Å². The van der Waals surface area contributed by atoms with Crippen LogP contribution in [0.15, 0.2) is 60.8 Å². The minimum atomic E-state index is -0.628. The molecule has 1 aromatic heterocycles. The van der Waals surface area contributed by atoms with Crippen molar-refractivity contribution in [3.05, 3.63) is 66.4 Å². The van der Waals surface area contributed by atoms with Crippen molar-refractivity contribution in [3.63, 3.8) is 0 Å². The number of anilines is 3. The van der Waals surface area contributed by atoms with E-state index in [4.69, 9.17) is 4.74 Å². The first-order valence-corrected chi connectivity index (χ1v) is 13.6. The van der Waals surface area contributed by atoms with E-state index < -0.39 is 11.7 Å². The minimum Gasteiger partial charge on any atom is -0.444 e. The predicted molar refractivity (Wildman–Crippen MR) is 155 cm³/mol. The molecule has 3 aromatic rings. The number of likely N-dealkylation sites (tertiary alicyclic amines) is 1. The van der Waals surface area contributed by atoms with E-state index in [0.29, 0.717) is 22.9 Å². The Morgan fingerprint density at radius 3 is 2.31 bits per heavy atom. The molecule has 39 heavy (non-hydrogen) atoms. The van der Waals surface area contributed by atoms with Crippen LogP contribution < -0.4 is 16.0 Å². The maximum Gasteiger partial charge on any atom is 0.412 e. The summed E-state index contributed by atoms with van der Waals surface area (Å²) >= 11 is 0. The number of carbonyl (C=O) groups excluding carboxylic acids is 2. The zero-order chi connectivity index (χ0) is 27.7. The van der Waals surface area contributed by atoms with E-state index in [2.05, 4.69) is 30.8 Å². The van der Waals surface area contributed by atoms with Crippen molar-refractivity contribution in [2.24, 2.45) is 0 Å². The van der Waals surface area contributed by atoms with E-state index in [9.17, 15) is 9.59 Å². The molecule has 4 rings (SSSR count). The van der Waals surface area contributed by atoms with Gasteiger partial charge in [0.05, 0.1) is 17.1 Å². The molecular formula is C30H38N6O3. The molecule has 0 saturated carbocycles. The molecule has 2 aromatic carbocycles. The van der Waals surface area contributed by atoms with E-state index in [0.717, 1.165) is 30.8 Å². The van der Waals surface area contributed by atoms with Crippen LogP contribution in [0.4, 0.5) is 22.1 Å². The third kappa shape index (κ3) is 8.78. The lowest BCUT2D eigenvalue weighted by molar-refractivity contribution is 0.0635. The molecule has 0 radical (unpaired) electrons. The smallest absolute Gasteiger partial charge is 0.412 e. The Kier molecular flexibility index (Phi) is 9.49. The first kappa shape index (κ1) is 28.0. The molecule has 0 atom stereocenters. The Morgan fingerprint density at radius 1 is 0.923 bits per heavy atom. The summed E-state index contributed by atoms with van der Waals surface area (Å²) < 4.78 is 5.32. The second kappa shape index (κ2) is 13.2. The first-order valence-electron chi connectivity index (χ1n) is 13.6. The van der Waals surface area contributed by atoms with E-state index >= 15 is 0 Å². The normalized spacial score (nSPS) is 13.9. The van der Waals surface area contributed by atoms with Gasteiger partial charge in [-0.1, -0.05) is 30.7 Å². The molecule has 1 aliphatic rings. The largest absolute Gasteiger partial charge is 0.444 e. The highest BCUT2D eigenvalue weighted by atomic mass is 16.6. The summed E-state index contributed by atoms with van der Waals surface area (Å²) in [5.74, 6) is 0.306. The summed E-state index contributed by atoms with van der Waals surface area (Å²) in [5.41, 5.74) is 2.45. The zero-order valence-electron chi connectivity index (χ0n) is 23.0. The van der Waals surface area contributed by atoms with Crippen LogP contribution in [0.3, 0.4) is 0 Å². The predicted octanol–water partition coefficient (Wildman–Crippen LogP) is 6.03. The average Bonchev–Trinajstić information content (AvgIpc) is 2.92. The molecule has 1 aliphatic heterocycles. The molecule has 1 fully saturated rings. The van der Waals surface area contributed by atoms with Gasteiger partial charge in [0.1, 0.15) is 5.60 Å². The van der Waals surface area contributed by atoms with Crippen molar-refractivity contribution in [2.45, 2.75) is 52.1 Å². The van der Waals surface area contributed by atoms with Crippen molar-refractivity contribution < 1.29 is 14.3 Å². The van der Waals surface area contributed by atoms with E-state index in [1.54, 1.807) is 63.4 Å². The van der Waals surface area contributed by atoms with Gasteiger partial charge in [-0.15, -0.1) is 0 Å². The molecule has 0 unspecified atom stereocenters. The maximum atomic E-state index is 12.9. The van der Waals surface area contributed by atoms with E-state index in [-0.39, 0.29) is 5.91 Å². The fraction of sp³-hybridized carbons (Fsp3) is 0.400. The van der Waals surface area contributed by atoms with Crippen LogP contribution in [0.2, 0.25) is 0 Å². The fourth-order valence-electron chi connectivity index (χ4n) is 4.39. The average molecular weight is 531 g/mol. The molecular weight excluding hydrogens is 492 g/mol. The number of nitrogens with zero attached hydrogens (tertiary/aromatic N) is 3. The number of hydrogen-bond donors (Lipinski definition) is 3. The van der Waals surface area contributed by atoms with Crippen LogP contribution in [-0.2, 0) is 4.74 Å². The third-order valence-corrected chi connectivity index (χ3v) is 6.29. The van der Waals surface area contributed by atoms with Crippen LogP contribution >= 0.6 is 0 Å². The fourth-order valence-corrected chi connectivity index (χ4v) is 4.39. The minimum absolute atomic E-state index is 0.293. The number of amides is 2. The Labute approximate surface area is 230 Å². The zero-order valence-corrected chi connectivity index (χ0v) is 23.0. The Morgan fingerprint density at radius 2 is 1.62 bits per heavy atom. The summed E-state index contributed by atoms with van der Waals surface area (Å²) in [5, 5.41) is 8.89. The number of aromatic nitrogens is 2. The third-order valence-electron chi connectivity index (χ3n) is 6.29. The molecule has 0 bridgehead atoms. The molecule has 0 aliphatic carbocycles.